The molecule has 8 nitrogen and oxygen atoms in total. The van der Waals surface area contributed by atoms with Crippen molar-refractivity contribution in [1.82, 2.24) is 0 Å². The van der Waals surface area contributed by atoms with Gasteiger partial charge in [-0.05, 0) is 67.1 Å². The summed E-state index contributed by atoms with van der Waals surface area (Å²) in [5.41, 5.74) is 2.38. The van der Waals surface area contributed by atoms with E-state index in [1.54, 1.807) is 0 Å². The molecule has 0 heterocycles. The number of phenolic OH excluding ortho intramolecular Hbond substituents is 4. The summed E-state index contributed by atoms with van der Waals surface area (Å²) in [6.07, 6.45) is 3.30. The first-order valence-corrected chi connectivity index (χ1v) is 13.5. The molecular formula is C34H30O8. The molecule has 0 aliphatic heterocycles. The lowest BCUT2D eigenvalue weighted by atomic mass is 9.95. The van der Waals surface area contributed by atoms with Crippen LogP contribution in [0.3, 0.4) is 0 Å². The fourth-order valence-electron chi connectivity index (χ4n) is 4.99. The molecule has 4 aromatic rings. The van der Waals surface area contributed by atoms with E-state index in [1.807, 2.05) is 43.3 Å². The van der Waals surface area contributed by atoms with Gasteiger partial charge in [0.1, 0.15) is 11.5 Å². The Bertz CT molecular complexity index is 1640. The zero-order chi connectivity index (χ0) is 29.8. The van der Waals surface area contributed by atoms with E-state index in [-0.39, 0.29) is 40.5 Å². The Morgan fingerprint density at radius 3 is 1.76 bits per heavy atom. The van der Waals surface area contributed by atoms with Crippen LogP contribution in [0, 0.1) is 5.92 Å². The molecule has 214 valence electrons. The van der Waals surface area contributed by atoms with E-state index < -0.39 is 29.4 Å². The molecule has 4 aromatic carbocycles. The van der Waals surface area contributed by atoms with Crippen molar-refractivity contribution in [2.45, 2.75) is 32.6 Å². The molecule has 0 bridgehead atoms. The number of aryl methyl sites for hydroxylation is 1. The van der Waals surface area contributed by atoms with E-state index in [2.05, 4.69) is 0 Å². The number of ether oxygens (including phenoxy) is 2. The molecular weight excluding hydrogens is 536 g/mol. The van der Waals surface area contributed by atoms with Crippen LogP contribution in [0.4, 0.5) is 0 Å². The van der Waals surface area contributed by atoms with Crippen LogP contribution < -0.4 is 9.47 Å². The molecule has 1 atom stereocenters. The third-order valence-corrected chi connectivity index (χ3v) is 7.20. The average molecular weight is 567 g/mol. The summed E-state index contributed by atoms with van der Waals surface area (Å²) in [5, 5.41) is 43.1. The van der Waals surface area contributed by atoms with Crippen LogP contribution in [0.25, 0.3) is 22.3 Å². The summed E-state index contributed by atoms with van der Waals surface area (Å²) in [6.45, 7) is 1.92. The zero-order valence-corrected chi connectivity index (χ0v) is 22.9. The van der Waals surface area contributed by atoms with Gasteiger partial charge in [0.15, 0.2) is 23.0 Å². The number of hydrogen-bond donors (Lipinski definition) is 4. The maximum atomic E-state index is 13.2. The molecule has 0 amide bonds. The second-order valence-electron chi connectivity index (χ2n) is 10.3. The first-order valence-electron chi connectivity index (χ1n) is 13.5. The van der Waals surface area contributed by atoms with E-state index in [4.69, 9.17) is 9.47 Å². The monoisotopic (exact) mass is 566 g/mol. The Kier molecular flexibility index (Phi) is 8.15. The van der Waals surface area contributed by atoms with Gasteiger partial charge in [-0.3, -0.25) is 9.59 Å². The summed E-state index contributed by atoms with van der Waals surface area (Å²) in [6, 6.07) is 20.8. The Hall–Kier alpha value is -5.24. The number of allylic oxidation sites excluding steroid dienone is 2. The second-order valence-corrected chi connectivity index (χ2v) is 10.3. The minimum Gasteiger partial charge on any atom is -0.508 e. The van der Waals surface area contributed by atoms with E-state index in [9.17, 15) is 30.0 Å². The Balaban J connectivity index is 1.63. The van der Waals surface area contributed by atoms with Crippen molar-refractivity contribution in [3.63, 3.8) is 0 Å². The summed E-state index contributed by atoms with van der Waals surface area (Å²) < 4.78 is 11.5. The SMILES string of the molecule is CC1=CC[C@H](C(=O)Oc2c(O)c(-c3ccc(O)cc3)c(OC(=O)CCc3ccccc3)c(O)c2-c2ccc(O)cc2)C1. The summed E-state index contributed by atoms with van der Waals surface area (Å²) in [7, 11) is 0. The van der Waals surface area contributed by atoms with Crippen LogP contribution in [0.1, 0.15) is 31.7 Å². The average Bonchev–Trinajstić information content (AvgIpc) is 3.43. The molecule has 4 N–H and O–H groups in total. The van der Waals surface area contributed by atoms with Crippen LogP contribution in [0.2, 0.25) is 0 Å². The highest BCUT2D eigenvalue weighted by Crippen LogP contribution is 2.56. The molecule has 0 spiro atoms. The maximum absolute atomic E-state index is 13.2. The number of carbonyl (C=O) groups is 2. The van der Waals surface area contributed by atoms with Crippen molar-refractivity contribution in [3.8, 4) is 56.8 Å². The van der Waals surface area contributed by atoms with Gasteiger partial charge in [-0.1, -0.05) is 66.2 Å². The minimum atomic E-state index is -0.664. The number of benzene rings is 4. The number of phenols is 4. The Morgan fingerprint density at radius 2 is 1.26 bits per heavy atom. The molecule has 0 aromatic heterocycles. The molecule has 8 heteroatoms. The fourth-order valence-corrected chi connectivity index (χ4v) is 4.99. The van der Waals surface area contributed by atoms with Crippen LogP contribution in [-0.2, 0) is 16.0 Å². The van der Waals surface area contributed by atoms with Crippen molar-refractivity contribution < 1.29 is 39.5 Å². The number of rotatable bonds is 8. The lowest BCUT2D eigenvalue weighted by molar-refractivity contribution is -0.138. The molecule has 1 aliphatic carbocycles. The van der Waals surface area contributed by atoms with Crippen molar-refractivity contribution >= 4 is 11.9 Å². The number of hydrogen-bond acceptors (Lipinski definition) is 8. The third-order valence-electron chi connectivity index (χ3n) is 7.20. The van der Waals surface area contributed by atoms with Gasteiger partial charge in [-0.2, -0.15) is 0 Å². The molecule has 42 heavy (non-hydrogen) atoms. The molecule has 5 rings (SSSR count). The molecule has 0 saturated carbocycles. The predicted molar refractivity (Wildman–Crippen MR) is 156 cm³/mol. The third kappa shape index (κ3) is 6.07. The normalized spacial score (nSPS) is 14.3. The maximum Gasteiger partial charge on any atom is 0.315 e. The first-order chi connectivity index (χ1) is 20.2. The molecule has 0 fully saturated rings. The van der Waals surface area contributed by atoms with Gasteiger partial charge >= 0.3 is 11.9 Å². The highest BCUT2D eigenvalue weighted by atomic mass is 16.6. The zero-order valence-electron chi connectivity index (χ0n) is 22.9. The van der Waals surface area contributed by atoms with Crippen molar-refractivity contribution in [2.24, 2.45) is 5.92 Å². The number of esters is 2. The quantitative estimate of drug-likeness (QED) is 0.0807. The molecule has 1 aliphatic rings. The lowest BCUT2D eigenvalue weighted by Gasteiger charge is -2.22. The molecule has 0 unspecified atom stereocenters. The minimum absolute atomic E-state index is 0.0153. The smallest absolute Gasteiger partial charge is 0.315 e. The second kappa shape index (κ2) is 12.1. The number of carbonyl (C=O) groups excluding carboxylic acids is 2. The van der Waals surface area contributed by atoms with Crippen LogP contribution in [-0.4, -0.2) is 32.4 Å². The van der Waals surface area contributed by atoms with Crippen molar-refractivity contribution in [3.05, 3.63) is 96.1 Å². The van der Waals surface area contributed by atoms with Gasteiger partial charge in [-0.15, -0.1) is 0 Å². The summed E-state index contributed by atoms with van der Waals surface area (Å²) in [5.74, 6) is -3.54. The van der Waals surface area contributed by atoms with Crippen molar-refractivity contribution in [2.75, 3.05) is 0 Å². The Labute approximate surface area is 242 Å². The Morgan fingerprint density at radius 1 is 0.738 bits per heavy atom. The number of aromatic hydroxyl groups is 4. The first kappa shape index (κ1) is 28.3. The van der Waals surface area contributed by atoms with Gasteiger partial charge in [0, 0.05) is 6.42 Å². The molecule has 0 saturated heterocycles. The molecule has 0 radical (unpaired) electrons. The van der Waals surface area contributed by atoms with Gasteiger partial charge in [0.2, 0.25) is 0 Å². The van der Waals surface area contributed by atoms with E-state index >= 15 is 0 Å². The topological polar surface area (TPSA) is 134 Å². The highest BCUT2D eigenvalue weighted by molar-refractivity contribution is 5.96. The van der Waals surface area contributed by atoms with Crippen LogP contribution in [0.5, 0.6) is 34.5 Å². The van der Waals surface area contributed by atoms with Gasteiger partial charge in [-0.25, -0.2) is 0 Å². The van der Waals surface area contributed by atoms with E-state index in [0.717, 1.165) is 11.1 Å². The van der Waals surface area contributed by atoms with E-state index in [0.29, 0.717) is 30.4 Å². The standard InChI is InChI=1S/C34H30O8/c1-20-7-9-24(19-20)34(40)42-33-29(23-12-16-26(36)17-13-23)30(38)32(28(31(33)39)22-10-14-25(35)15-11-22)41-27(37)18-8-21-5-3-2-4-6-21/h2-7,10-17,24,35-36,38-39H,8-9,18-19H2,1H3/t24-/m0/s1. The van der Waals surface area contributed by atoms with E-state index in [1.165, 1.54) is 48.5 Å². The van der Waals surface area contributed by atoms with Crippen molar-refractivity contribution in [1.29, 1.82) is 0 Å². The predicted octanol–water partition coefficient (Wildman–Crippen LogP) is 6.64. The lowest BCUT2D eigenvalue weighted by Crippen LogP contribution is -2.19. The highest BCUT2D eigenvalue weighted by Gasteiger charge is 2.33. The summed E-state index contributed by atoms with van der Waals surface area (Å²) >= 11 is 0. The van der Waals surface area contributed by atoms with Gasteiger partial charge in [0.25, 0.3) is 0 Å². The fraction of sp³-hybridized carbons (Fsp3) is 0.176. The van der Waals surface area contributed by atoms with Gasteiger partial charge in [0.05, 0.1) is 17.0 Å². The van der Waals surface area contributed by atoms with Gasteiger partial charge < -0.3 is 29.9 Å². The summed E-state index contributed by atoms with van der Waals surface area (Å²) in [4.78, 5) is 26.3. The largest absolute Gasteiger partial charge is 0.508 e. The van der Waals surface area contributed by atoms with Crippen LogP contribution >= 0.6 is 0 Å². The van der Waals surface area contributed by atoms with Crippen LogP contribution in [0.15, 0.2) is 90.5 Å².